The lowest BCUT2D eigenvalue weighted by atomic mass is 10.0. The molecule has 8 nitrogen and oxygen atoms in total. The van der Waals surface area contributed by atoms with Gasteiger partial charge in [-0.15, -0.1) is 0 Å². The monoisotopic (exact) mass is 341 g/mol. The highest BCUT2D eigenvalue weighted by atomic mass is 16.2. The molecule has 1 fully saturated rings. The van der Waals surface area contributed by atoms with Crippen LogP contribution in [0.5, 0.6) is 0 Å². The predicted octanol–water partition coefficient (Wildman–Crippen LogP) is 0.778. The molecule has 1 aliphatic heterocycles. The van der Waals surface area contributed by atoms with Gasteiger partial charge in [-0.05, 0) is 36.6 Å². The van der Waals surface area contributed by atoms with Crippen LogP contribution in [0.3, 0.4) is 0 Å². The predicted molar refractivity (Wildman–Crippen MR) is 89.6 cm³/mol. The molecule has 3 rings (SSSR count). The van der Waals surface area contributed by atoms with Crippen molar-refractivity contribution in [2.75, 3.05) is 6.54 Å². The van der Waals surface area contributed by atoms with Crippen molar-refractivity contribution in [3.63, 3.8) is 0 Å². The second kappa shape index (κ2) is 7.25. The maximum atomic E-state index is 12.7. The molecule has 1 atom stereocenters. The smallest absolute Gasteiger partial charge is 0.274 e. The first-order valence-corrected chi connectivity index (χ1v) is 8.10. The second-order valence-electron chi connectivity index (χ2n) is 5.95. The molecule has 2 aromatic heterocycles. The summed E-state index contributed by atoms with van der Waals surface area (Å²) in [6, 6.07) is 6.45. The fraction of sp³-hybridized carbons (Fsp3) is 0.353. The zero-order valence-electron chi connectivity index (χ0n) is 13.9. The summed E-state index contributed by atoms with van der Waals surface area (Å²) in [6.45, 7) is 2.44. The Morgan fingerprint density at radius 2 is 2.20 bits per heavy atom. The molecule has 8 heteroatoms. The van der Waals surface area contributed by atoms with E-state index in [1.165, 1.54) is 19.1 Å². The van der Waals surface area contributed by atoms with Crippen molar-refractivity contribution in [2.24, 2.45) is 0 Å². The van der Waals surface area contributed by atoms with Gasteiger partial charge in [0.15, 0.2) is 0 Å². The molecule has 0 saturated carbocycles. The van der Waals surface area contributed by atoms with Crippen LogP contribution in [-0.4, -0.2) is 38.4 Å². The van der Waals surface area contributed by atoms with Crippen LogP contribution in [0.1, 0.15) is 47.6 Å². The van der Waals surface area contributed by atoms with Crippen LogP contribution in [0.15, 0.2) is 35.3 Å². The Balaban J connectivity index is 1.80. The first-order chi connectivity index (χ1) is 12.0. The van der Waals surface area contributed by atoms with Crippen LogP contribution in [0.4, 0.5) is 0 Å². The second-order valence-corrected chi connectivity index (χ2v) is 5.95. The van der Waals surface area contributed by atoms with Crippen LogP contribution in [-0.2, 0) is 11.3 Å². The average molecular weight is 341 g/mol. The number of aromatic nitrogens is 3. The van der Waals surface area contributed by atoms with Crippen molar-refractivity contribution in [1.82, 2.24) is 25.4 Å². The third kappa shape index (κ3) is 3.90. The molecule has 1 aliphatic rings. The summed E-state index contributed by atoms with van der Waals surface area (Å²) in [4.78, 5) is 40.9. The molecule has 2 aromatic rings. The van der Waals surface area contributed by atoms with Gasteiger partial charge in [-0.3, -0.25) is 19.4 Å². The molecule has 2 amide bonds. The number of pyridine rings is 1. The SMILES string of the molecule is CC(=O)NCc1cc([C@H]2CCCN2C(=O)c2ccc(=O)[nH]n2)ccn1. The molecule has 25 heavy (non-hydrogen) atoms. The number of rotatable bonds is 4. The number of carbonyl (C=O) groups excluding carboxylic acids is 2. The summed E-state index contributed by atoms with van der Waals surface area (Å²) in [5, 5.41) is 8.84. The summed E-state index contributed by atoms with van der Waals surface area (Å²) in [5.41, 5.74) is 1.60. The Kier molecular flexibility index (Phi) is 4.87. The molecule has 130 valence electrons. The highest BCUT2D eigenvalue weighted by Crippen LogP contribution is 2.32. The van der Waals surface area contributed by atoms with Gasteiger partial charge in [0.05, 0.1) is 18.3 Å². The summed E-state index contributed by atoms with van der Waals surface area (Å²) < 4.78 is 0. The van der Waals surface area contributed by atoms with Gasteiger partial charge in [0.25, 0.3) is 11.5 Å². The van der Waals surface area contributed by atoms with Gasteiger partial charge in [0.2, 0.25) is 5.91 Å². The van der Waals surface area contributed by atoms with Crippen LogP contribution >= 0.6 is 0 Å². The quantitative estimate of drug-likeness (QED) is 0.854. The van der Waals surface area contributed by atoms with E-state index in [0.717, 1.165) is 24.1 Å². The number of hydrogen-bond acceptors (Lipinski definition) is 5. The minimum atomic E-state index is -0.341. The molecule has 0 aliphatic carbocycles. The molecule has 0 spiro atoms. The molecule has 0 bridgehead atoms. The Morgan fingerprint density at radius 1 is 1.36 bits per heavy atom. The lowest BCUT2D eigenvalue weighted by Crippen LogP contribution is -2.32. The largest absolute Gasteiger partial charge is 0.351 e. The molecular formula is C17H19N5O3. The number of nitrogens with zero attached hydrogens (tertiary/aromatic N) is 3. The Hall–Kier alpha value is -3.03. The summed E-state index contributed by atoms with van der Waals surface area (Å²) in [7, 11) is 0. The zero-order chi connectivity index (χ0) is 17.8. The van der Waals surface area contributed by atoms with Gasteiger partial charge in [-0.2, -0.15) is 5.10 Å². The zero-order valence-corrected chi connectivity index (χ0v) is 13.9. The Labute approximate surface area is 144 Å². The molecule has 0 unspecified atom stereocenters. The van der Waals surface area contributed by atoms with E-state index < -0.39 is 0 Å². The topological polar surface area (TPSA) is 108 Å². The van der Waals surface area contributed by atoms with Crippen LogP contribution in [0.2, 0.25) is 0 Å². The number of H-pyrrole nitrogens is 1. The van der Waals surface area contributed by atoms with E-state index in [4.69, 9.17) is 0 Å². The van der Waals surface area contributed by atoms with Gasteiger partial charge in [0.1, 0.15) is 5.69 Å². The van der Waals surface area contributed by atoms with Gasteiger partial charge in [-0.25, -0.2) is 5.10 Å². The number of likely N-dealkylation sites (tertiary alicyclic amines) is 1. The maximum Gasteiger partial charge on any atom is 0.274 e. The Morgan fingerprint density at radius 3 is 2.92 bits per heavy atom. The van der Waals surface area contributed by atoms with Crippen LogP contribution in [0.25, 0.3) is 0 Å². The number of carbonyl (C=O) groups is 2. The minimum absolute atomic E-state index is 0.0692. The van der Waals surface area contributed by atoms with Crippen LogP contribution < -0.4 is 10.9 Å². The van der Waals surface area contributed by atoms with Crippen molar-refractivity contribution < 1.29 is 9.59 Å². The highest BCUT2D eigenvalue weighted by molar-refractivity contribution is 5.92. The third-order valence-corrected chi connectivity index (χ3v) is 4.16. The van der Waals surface area contributed by atoms with Crippen molar-refractivity contribution in [3.8, 4) is 0 Å². The van der Waals surface area contributed by atoms with E-state index in [0.29, 0.717) is 13.1 Å². The standard InChI is InChI=1S/C17H19N5O3/c1-11(23)19-10-13-9-12(6-7-18-13)15-3-2-8-22(15)17(25)14-4-5-16(24)21-20-14/h4-7,9,15H,2-3,8,10H2,1H3,(H,19,23)(H,21,24)/t15-/m1/s1. The molecule has 3 heterocycles. The molecular weight excluding hydrogens is 322 g/mol. The molecule has 1 saturated heterocycles. The Bertz CT molecular complexity index is 828. The van der Waals surface area contributed by atoms with Gasteiger partial charge in [-0.1, -0.05) is 0 Å². The molecule has 0 radical (unpaired) electrons. The van der Waals surface area contributed by atoms with Crippen molar-refractivity contribution in [2.45, 2.75) is 32.4 Å². The van der Waals surface area contributed by atoms with Crippen LogP contribution in [0, 0.1) is 0 Å². The highest BCUT2D eigenvalue weighted by Gasteiger charge is 2.31. The van der Waals surface area contributed by atoms with Gasteiger partial charge < -0.3 is 10.2 Å². The van der Waals surface area contributed by atoms with E-state index in [-0.39, 0.29) is 29.1 Å². The minimum Gasteiger partial charge on any atom is -0.351 e. The fourth-order valence-electron chi connectivity index (χ4n) is 2.98. The van der Waals surface area contributed by atoms with Crippen molar-refractivity contribution >= 4 is 11.8 Å². The third-order valence-electron chi connectivity index (χ3n) is 4.16. The van der Waals surface area contributed by atoms with Gasteiger partial charge >= 0.3 is 0 Å². The fourth-order valence-corrected chi connectivity index (χ4v) is 2.98. The summed E-state index contributed by atoms with van der Waals surface area (Å²) in [5.74, 6) is -0.326. The van der Waals surface area contributed by atoms with E-state index in [9.17, 15) is 14.4 Å². The molecule has 2 N–H and O–H groups in total. The lowest BCUT2D eigenvalue weighted by molar-refractivity contribution is -0.119. The summed E-state index contributed by atoms with van der Waals surface area (Å²) in [6.07, 6.45) is 3.42. The van der Waals surface area contributed by atoms with E-state index in [1.54, 1.807) is 11.1 Å². The number of aromatic amines is 1. The van der Waals surface area contributed by atoms with E-state index in [2.05, 4.69) is 20.5 Å². The summed E-state index contributed by atoms with van der Waals surface area (Å²) >= 11 is 0. The lowest BCUT2D eigenvalue weighted by Gasteiger charge is -2.25. The number of hydrogen-bond donors (Lipinski definition) is 2. The van der Waals surface area contributed by atoms with Gasteiger partial charge in [0, 0.05) is 25.7 Å². The normalized spacial score (nSPS) is 16.7. The van der Waals surface area contributed by atoms with E-state index in [1.807, 2.05) is 12.1 Å². The number of nitrogens with one attached hydrogen (secondary N) is 2. The first-order valence-electron chi connectivity index (χ1n) is 8.10. The van der Waals surface area contributed by atoms with Crippen molar-refractivity contribution in [3.05, 3.63) is 57.8 Å². The molecule has 0 aromatic carbocycles. The van der Waals surface area contributed by atoms with E-state index >= 15 is 0 Å². The average Bonchev–Trinajstić information content (AvgIpc) is 3.10. The van der Waals surface area contributed by atoms with Crippen molar-refractivity contribution in [1.29, 1.82) is 0 Å². The maximum absolute atomic E-state index is 12.7. The first kappa shape index (κ1) is 16.8. The number of amides is 2.